The number of hydrogen-bond donors (Lipinski definition) is 1. The first-order valence-corrected chi connectivity index (χ1v) is 6.96. The van der Waals surface area contributed by atoms with E-state index in [1.807, 2.05) is 7.05 Å². The molecule has 1 atom stereocenters. The Hall–Kier alpha value is -0.710. The van der Waals surface area contributed by atoms with Crippen LogP contribution in [0.5, 0.6) is 0 Å². The van der Waals surface area contributed by atoms with E-state index < -0.39 is 0 Å². The van der Waals surface area contributed by atoms with E-state index >= 15 is 0 Å². The standard InChI is InChI=1S/C13H13BrFNS/c1-8-5-9(7-17-8)13(16-2)11-6-10(15)3-4-12(11)14/h3-7,13,16H,1-2H3. The van der Waals surface area contributed by atoms with E-state index in [-0.39, 0.29) is 11.9 Å². The first-order chi connectivity index (χ1) is 8.11. The van der Waals surface area contributed by atoms with Gasteiger partial charge in [-0.15, -0.1) is 11.3 Å². The molecule has 1 aromatic heterocycles. The Bertz CT molecular complexity index is 524. The van der Waals surface area contributed by atoms with Crippen LogP contribution in [0, 0.1) is 12.7 Å². The van der Waals surface area contributed by atoms with Gasteiger partial charge in [-0.25, -0.2) is 4.39 Å². The lowest BCUT2D eigenvalue weighted by molar-refractivity contribution is 0.616. The van der Waals surface area contributed by atoms with E-state index in [1.54, 1.807) is 23.5 Å². The summed E-state index contributed by atoms with van der Waals surface area (Å²) in [4.78, 5) is 1.26. The first kappa shape index (κ1) is 12.7. The fourth-order valence-corrected chi connectivity index (χ4v) is 3.06. The van der Waals surface area contributed by atoms with E-state index in [9.17, 15) is 4.39 Å². The molecule has 2 aromatic rings. The molecule has 2 rings (SSSR count). The third-order valence-corrected chi connectivity index (χ3v) is 4.24. The Balaban J connectivity index is 2.45. The molecule has 0 amide bonds. The number of aryl methyl sites for hydroxylation is 1. The molecule has 0 aliphatic carbocycles. The molecule has 0 radical (unpaired) electrons. The number of benzene rings is 1. The van der Waals surface area contributed by atoms with Crippen LogP contribution in [0.1, 0.15) is 22.0 Å². The Morgan fingerprint density at radius 1 is 1.35 bits per heavy atom. The predicted octanol–water partition coefficient (Wildman–Crippen LogP) is 4.27. The zero-order chi connectivity index (χ0) is 12.4. The Morgan fingerprint density at radius 2 is 2.12 bits per heavy atom. The second kappa shape index (κ2) is 5.29. The maximum absolute atomic E-state index is 13.3. The molecule has 0 fully saturated rings. The van der Waals surface area contributed by atoms with Gasteiger partial charge in [0.25, 0.3) is 0 Å². The molecule has 0 aliphatic heterocycles. The quantitative estimate of drug-likeness (QED) is 0.892. The summed E-state index contributed by atoms with van der Waals surface area (Å²) in [6.45, 7) is 2.07. The van der Waals surface area contributed by atoms with Crippen molar-refractivity contribution < 1.29 is 4.39 Å². The predicted molar refractivity (Wildman–Crippen MR) is 74.1 cm³/mol. The average Bonchev–Trinajstić information content (AvgIpc) is 2.71. The Kier molecular flexibility index (Phi) is 3.97. The van der Waals surface area contributed by atoms with E-state index in [0.29, 0.717) is 0 Å². The lowest BCUT2D eigenvalue weighted by Crippen LogP contribution is -2.17. The fourth-order valence-electron chi connectivity index (χ4n) is 1.85. The monoisotopic (exact) mass is 313 g/mol. The van der Waals surface area contributed by atoms with Gasteiger partial charge in [-0.1, -0.05) is 15.9 Å². The van der Waals surface area contributed by atoms with E-state index in [4.69, 9.17) is 0 Å². The second-order valence-electron chi connectivity index (χ2n) is 3.88. The third-order valence-electron chi connectivity index (χ3n) is 2.64. The van der Waals surface area contributed by atoms with Gasteiger partial charge in [0.1, 0.15) is 5.82 Å². The van der Waals surface area contributed by atoms with Crippen molar-refractivity contribution in [2.24, 2.45) is 0 Å². The van der Waals surface area contributed by atoms with Gasteiger partial charge < -0.3 is 5.32 Å². The van der Waals surface area contributed by atoms with Crippen LogP contribution in [-0.4, -0.2) is 7.05 Å². The summed E-state index contributed by atoms with van der Waals surface area (Å²) in [6, 6.07) is 6.92. The lowest BCUT2D eigenvalue weighted by Gasteiger charge is -2.17. The lowest BCUT2D eigenvalue weighted by atomic mass is 10.0. The largest absolute Gasteiger partial charge is 0.309 e. The molecular formula is C13H13BrFNS. The summed E-state index contributed by atoms with van der Waals surface area (Å²) in [5, 5.41) is 5.33. The zero-order valence-electron chi connectivity index (χ0n) is 9.63. The van der Waals surface area contributed by atoms with Crippen LogP contribution >= 0.6 is 27.3 Å². The minimum Gasteiger partial charge on any atom is -0.309 e. The van der Waals surface area contributed by atoms with Crippen molar-refractivity contribution in [2.45, 2.75) is 13.0 Å². The van der Waals surface area contributed by atoms with Gasteiger partial charge in [0.15, 0.2) is 0 Å². The SMILES string of the molecule is CNC(c1csc(C)c1)c1cc(F)ccc1Br. The maximum Gasteiger partial charge on any atom is 0.123 e. The number of nitrogens with one attached hydrogen (secondary N) is 1. The van der Waals surface area contributed by atoms with Gasteiger partial charge in [0.2, 0.25) is 0 Å². The Labute approximate surface area is 113 Å². The molecule has 4 heteroatoms. The van der Waals surface area contributed by atoms with Crippen LogP contribution < -0.4 is 5.32 Å². The first-order valence-electron chi connectivity index (χ1n) is 5.29. The molecule has 0 saturated heterocycles. The fraction of sp³-hybridized carbons (Fsp3) is 0.231. The summed E-state index contributed by atoms with van der Waals surface area (Å²) in [5.74, 6) is -0.213. The van der Waals surface area contributed by atoms with Crippen molar-refractivity contribution in [3.05, 3.63) is 55.9 Å². The summed E-state index contributed by atoms with van der Waals surface area (Å²) < 4.78 is 14.2. The molecule has 1 N–H and O–H groups in total. The summed E-state index contributed by atoms with van der Waals surface area (Å²) in [7, 11) is 1.88. The molecule has 17 heavy (non-hydrogen) atoms. The summed E-state index contributed by atoms with van der Waals surface area (Å²) in [6.07, 6.45) is 0. The highest BCUT2D eigenvalue weighted by Crippen LogP contribution is 2.31. The van der Waals surface area contributed by atoms with Gasteiger partial charge in [-0.2, -0.15) is 0 Å². The summed E-state index contributed by atoms with van der Waals surface area (Å²) in [5.41, 5.74) is 2.09. The number of rotatable bonds is 3. The van der Waals surface area contributed by atoms with Gasteiger partial charge in [-0.3, -0.25) is 0 Å². The van der Waals surface area contributed by atoms with Crippen LogP contribution in [-0.2, 0) is 0 Å². The van der Waals surface area contributed by atoms with E-state index in [2.05, 4.69) is 39.6 Å². The molecule has 1 aromatic carbocycles. The molecule has 1 heterocycles. The highest BCUT2D eigenvalue weighted by Gasteiger charge is 2.16. The second-order valence-corrected chi connectivity index (χ2v) is 5.85. The minimum atomic E-state index is -0.213. The molecule has 1 unspecified atom stereocenters. The minimum absolute atomic E-state index is 0.0185. The van der Waals surface area contributed by atoms with Crippen molar-refractivity contribution in [1.29, 1.82) is 0 Å². The van der Waals surface area contributed by atoms with E-state index in [0.717, 1.165) is 10.0 Å². The summed E-state index contributed by atoms with van der Waals surface area (Å²) >= 11 is 5.18. The van der Waals surface area contributed by atoms with Crippen LogP contribution in [0.25, 0.3) is 0 Å². The molecule has 1 nitrogen and oxygen atoms in total. The van der Waals surface area contributed by atoms with Crippen molar-refractivity contribution in [1.82, 2.24) is 5.32 Å². The molecule has 0 aliphatic rings. The van der Waals surface area contributed by atoms with Crippen LogP contribution in [0.3, 0.4) is 0 Å². The zero-order valence-corrected chi connectivity index (χ0v) is 12.0. The molecule has 90 valence electrons. The number of thiophene rings is 1. The van der Waals surface area contributed by atoms with E-state index in [1.165, 1.54) is 16.5 Å². The highest BCUT2D eigenvalue weighted by molar-refractivity contribution is 9.10. The van der Waals surface area contributed by atoms with Crippen LogP contribution in [0.2, 0.25) is 0 Å². The Morgan fingerprint density at radius 3 is 2.71 bits per heavy atom. The van der Waals surface area contributed by atoms with Crippen molar-refractivity contribution >= 4 is 27.3 Å². The maximum atomic E-state index is 13.3. The van der Waals surface area contributed by atoms with Gasteiger partial charge in [0.05, 0.1) is 6.04 Å². The van der Waals surface area contributed by atoms with Crippen molar-refractivity contribution in [2.75, 3.05) is 7.05 Å². The average molecular weight is 314 g/mol. The highest BCUT2D eigenvalue weighted by atomic mass is 79.9. The molecular weight excluding hydrogens is 301 g/mol. The number of hydrogen-bond acceptors (Lipinski definition) is 2. The molecule has 0 spiro atoms. The van der Waals surface area contributed by atoms with Crippen LogP contribution in [0.4, 0.5) is 4.39 Å². The smallest absolute Gasteiger partial charge is 0.123 e. The van der Waals surface area contributed by atoms with Gasteiger partial charge in [-0.05, 0) is 54.7 Å². The normalized spacial score (nSPS) is 12.7. The van der Waals surface area contributed by atoms with Gasteiger partial charge in [0, 0.05) is 9.35 Å². The molecule has 0 bridgehead atoms. The van der Waals surface area contributed by atoms with Gasteiger partial charge >= 0.3 is 0 Å². The topological polar surface area (TPSA) is 12.0 Å². The van der Waals surface area contributed by atoms with Crippen LogP contribution in [0.15, 0.2) is 34.1 Å². The molecule has 0 saturated carbocycles. The van der Waals surface area contributed by atoms with Crippen molar-refractivity contribution in [3.8, 4) is 0 Å². The van der Waals surface area contributed by atoms with Crippen molar-refractivity contribution in [3.63, 3.8) is 0 Å². The third kappa shape index (κ3) is 2.76. The number of halogens is 2.